The Morgan fingerprint density at radius 1 is 0.415 bits per heavy atom. The van der Waals surface area contributed by atoms with Crippen LogP contribution in [-0.4, -0.2) is 0 Å². The third-order valence-corrected chi connectivity index (χ3v) is 14.0. The lowest BCUT2D eigenvalue weighted by Crippen LogP contribution is -2.50. The molecule has 8 saturated carbocycles. The highest BCUT2D eigenvalue weighted by Crippen LogP contribution is 2.68. The predicted octanol–water partition coefficient (Wildman–Crippen LogP) is 11.2. The number of rotatable bonds is 8. The standard InChI is InChI=1S/C44H46F3N3O3/c45-34-13-29(1-4-37(34)48)51-40-32(43-17-23-7-24(18-43)9-25(8-23)19-43)16-33(44-20-26-10-27(21-44)12-28(11-26)22-44)41(52-30-2-5-38(49)35(46)14-30)42(40)53-31-3-6-39(50)36(47)15-31/h1-6,13-16,23-28H,7-12,17-22,48-50H2. The summed E-state index contributed by atoms with van der Waals surface area (Å²) in [7, 11) is 0. The monoisotopic (exact) mass is 721 g/mol. The summed E-state index contributed by atoms with van der Waals surface area (Å²) >= 11 is 0. The van der Waals surface area contributed by atoms with E-state index >= 15 is 13.2 Å². The molecular formula is C44H46F3N3O3. The Hall–Kier alpha value is -4.53. The van der Waals surface area contributed by atoms with E-state index in [0.717, 1.165) is 49.7 Å². The van der Waals surface area contributed by atoms with E-state index in [0.29, 0.717) is 47.0 Å². The summed E-state index contributed by atoms with van der Waals surface area (Å²) in [5, 5.41) is 0. The molecule has 53 heavy (non-hydrogen) atoms. The van der Waals surface area contributed by atoms with Gasteiger partial charge in [-0.1, -0.05) is 0 Å². The number of anilines is 3. The maximum absolute atomic E-state index is 15.1. The fourth-order valence-electron chi connectivity index (χ4n) is 12.7. The van der Waals surface area contributed by atoms with Gasteiger partial charge in [-0.05, 0) is 166 Å². The number of ether oxygens (including phenoxy) is 3. The van der Waals surface area contributed by atoms with E-state index in [1.807, 2.05) is 0 Å². The second-order valence-electron chi connectivity index (χ2n) is 17.7. The van der Waals surface area contributed by atoms with Gasteiger partial charge in [-0.25, -0.2) is 13.2 Å². The molecule has 0 radical (unpaired) electrons. The molecule has 6 N–H and O–H groups in total. The first-order chi connectivity index (χ1) is 25.5. The molecule has 8 fully saturated rings. The summed E-state index contributed by atoms with van der Waals surface area (Å²) in [6.45, 7) is 0. The third kappa shape index (κ3) is 5.59. The molecule has 276 valence electrons. The lowest BCUT2D eigenvalue weighted by molar-refractivity contribution is -0.00959. The van der Waals surface area contributed by atoms with Gasteiger partial charge in [-0.2, -0.15) is 0 Å². The smallest absolute Gasteiger partial charge is 0.212 e. The van der Waals surface area contributed by atoms with E-state index < -0.39 is 17.5 Å². The number of nitrogen functional groups attached to an aromatic ring is 3. The van der Waals surface area contributed by atoms with E-state index in [1.54, 1.807) is 18.2 Å². The van der Waals surface area contributed by atoms with Crippen LogP contribution in [0.4, 0.5) is 30.2 Å². The maximum Gasteiger partial charge on any atom is 0.212 e. The van der Waals surface area contributed by atoms with Crippen molar-refractivity contribution >= 4 is 17.1 Å². The van der Waals surface area contributed by atoms with Crippen LogP contribution in [-0.2, 0) is 10.8 Å². The molecule has 8 aliphatic carbocycles. The van der Waals surface area contributed by atoms with Crippen LogP contribution in [0.5, 0.6) is 34.5 Å². The van der Waals surface area contributed by atoms with Crippen LogP contribution >= 0.6 is 0 Å². The van der Waals surface area contributed by atoms with Crippen LogP contribution in [0.1, 0.15) is 88.2 Å². The third-order valence-electron chi connectivity index (χ3n) is 14.0. The number of hydrogen-bond donors (Lipinski definition) is 3. The molecule has 8 bridgehead atoms. The molecule has 4 aromatic rings. The normalized spacial score (nSPS) is 31.9. The van der Waals surface area contributed by atoms with E-state index in [4.69, 9.17) is 31.4 Å². The molecule has 0 spiro atoms. The Labute approximate surface area is 308 Å². The van der Waals surface area contributed by atoms with Gasteiger partial charge in [0.05, 0.1) is 17.1 Å². The summed E-state index contributed by atoms with van der Waals surface area (Å²) in [5.41, 5.74) is 19.5. The molecule has 0 amide bonds. The molecule has 4 aromatic carbocycles. The first-order valence-corrected chi connectivity index (χ1v) is 19.4. The largest absolute Gasteiger partial charge is 0.453 e. The quantitative estimate of drug-likeness (QED) is 0.156. The van der Waals surface area contributed by atoms with Gasteiger partial charge in [-0.3, -0.25) is 0 Å². The lowest BCUT2D eigenvalue weighted by Gasteiger charge is -2.59. The Kier molecular flexibility index (Phi) is 7.48. The zero-order chi connectivity index (χ0) is 36.2. The highest BCUT2D eigenvalue weighted by Gasteiger charge is 2.56. The second-order valence-corrected chi connectivity index (χ2v) is 17.7. The highest BCUT2D eigenvalue weighted by molar-refractivity contribution is 5.67. The van der Waals surface area contributed by atoms with Crippen molar-refractivity contribution < 1.29 is 27.4 Å². The zero-order valence-electron chi connectivity index (χ0n) is 29.8. The van der Waals surface area contributed by atoms with Crippen molar-refractivity contribution in [2.24, 2.45) is 35.5 Å². The topological polar surface area (TPSA) is 106 Å². The van der Waals surface area contributed by atoms with Gasteiger partial charge < -0.3 is 31.4 Å². The molecule has 0 atom stereocenters. The van der Waals surface area contributed by atoms with Crippen molar-refractivity contribution in [1.82, 2.24) is 0 Å². The van der Waals surface area contributed by atoms with E-state index in [9.17, 15) is 0 Å². The molecule has 0 heterocycles. The predicted molar refractivity (Wildman–Crippen MR) is 199 cm³/mol. The van der Waals surface area contributed by atoms with E-state index in [-0.39, 0.29) is 50.9 Å². The van der Waals surface area contributed by atoms with Gasteiger partial charge in [-0.15, -0.1) is 0 Å². The average molecular weight is 722 g/mol. The van der Waals surface area contributed by atoms with Crippen molar-refractivity contribution in [3.63, 3.8) is 0 Å². The van der Waals surface area contributed by atoms with E-state index in [2.05, 4.69) is 6.07 Å². The summed E-state index contributed by atoms with van der Waals surface area (Å²) in [6.07, 6.45) is 13.7. The Balaban J connectivity index is 1.26. The molecule has 0 unspecified atom stereocenters. The number of halogens is 3. The summed E-state index contributed by atoms with van der Waals surface area (Å²) in [5.74, 6) is 3.71. The molecule has 8 aliphatic rings. The molecular weight excluding hydrogens is 675 g/mol. The summed E-state index contributed by atoms with van der Waals surface area (Å²) < 4.78 is 65.9. The Morgan fingerprint density at radius 2 is 0.698 bits per heavy atom. The van der Waals surface area contributed by atoms with E-state index in [1.165, 1.54) is 74.9 Å². The van der Waals surface area contributed by atoms with Gasteiger partial charge in [0.15, 0.2) is 11.5 Å². The van der Waals surface area contributed by atoms with Crippen molar-refractivity contribution in [3.05, 3.63) is 89.2 Å². The fourth-order valence-corrected chi connectivity index (χ4v) is 12.7. The van der Waals surface area contributed by atoms with Gasteiger partial charge >= 0.3 is 0 Å². The molecule has 6 nitrogen and oxygen atoms in total. The van der Waals surface area contributed by atoms with Crippen molar-refractivity contribution in [1.29, 1.82) is 0 Å². The number of nitrogens with two attached hydrogens (primary N) is 3. The number of hydrogen-bond acceptors (Lipinski definition) is 6. The maximum atomic E-state index is 15.1. The fraction of sp³-hybridized carbons (Fsp3) is 0.455. The zero-order valence-corrected chi connectivity index (χ0v) is 29.8. The van der Waals surface area contributed by atoms with Gasteiger partial charge in [0.2, 0.25) is 5.75 Å². The van der Waals surface area contributed by atoms with Crippen molar-refractivity contribution in [2.45, 2.75) is 87.9 Å². The van der Waals surface area contributed by atoms with Gasteiger partial charge in [0, 0.05) is 29.3 Å². The SMILES string of the molecule is Nc1ccc(Oc2c(C34CC5CC(CC(C5)C3)C4)cc(C34CC5CC(CC(C5)C3)C4)c(Oc3ccc(N)c(F)c3)c2Oc2ccc(N)c(F)c2)cc1F. The van der Waals surface area contributed by atoms with Gasteiger partial charge in [0.1, 0.15) is 34.7 Å². The molecule has 9 heteroatoms. The van der Waals surface area contributed by atoms with Gasteiger partial charge in [0.25, 0.3) is 0 Å². The highest BCUT2D eigenvalue weighted by atomic mass is 19.1. The Bertz CT molecular complexity index is 1940. The second kappa shape index (κ2) is 12.0. The molecule has 0 aliphatic heterocycles. The van der Waals surface area contributed by atoms with Crippen LogP contribution in [0.15, 0.2) is 60.7 Å². The van der Waals surface area contributed by atoms with Crippen LogP contribution in [0.3, 0.4) is 0 Å². The molecule has 0 aromatic heterocycles. The van der Waals surface area contributed by atoms with Crippen molar-refractivity contribution in [2.75, 3.05) is 17.2 Å². The first kappa shape index (κ1) is 33.1. The summed E-state index contributed by atoms with van der Waals surface area (Å²) in [4.78, 5) is 0. The molecule has 0 saturated heterocycles. The minimum absolute atomic E-state index is 0.00318. The van der Waals surface area contributed by atoms with Crippen LogP contribution < -0.4 is 31.4 Å². The first-order valence-electron chi connectivity index (χ1n) is 19.4. The lowest BCUT2D eigenvalue weighted by atomic mass is 9.46. The minimum Gasteiger partial charge on any atom is -0.453 e. The minimum atomic E-state index is -0.618. The Morgan fingerprint density at radius 3 is 0.981 bits per heavy atom. The number of benzene rings is 4. The molecule has 12 rings (SSSR count). The van der Waals surface area contributed by atoms with Crippen LogP contribution in [0.25, 0.3) is 0 Å². The summed E-state index contributed by atoms with van der Waals surface area (Å²) in [6, 6.07) is 15.6. The van der Waals surface area contributed by atoms with Crippen LogP contribution in [0, 0.1) is 53.0 Å². The van der Waals surface area contributed by atoms with Crippen LogP contribution in [0.2, 0.25) is 0 Å². The average Bonchev–Trinajstić information content (AvgIpc) is 3.09. The van der Waals surface area contributed by atoms with Crippen molar-refractivity contribution in [3.8, 4) is 34.5 Å².